The van der Waals surface area contributed by atoms with Crippen molar-refractivity contribution in [2.24, 2.45) is 23.7 Å². The number of hydrogen-bond acceptors (Lipinski definition) is 3. The highest BCUT2D eigenvalue weighted by atomic mass is 15.2. The van der Waals surface area contributed by atoms with Crippen molar-refractivity contribution in [3.8, 4) is 0 Å². The number of nitrogens with zero attached hydrogens (tertiary/aromatic N) is 2. The number of fused-ring (bicyclic) bond motifs is 7. The second-order valence-electron chi connectivity index (χ2n) is 16.1. The first kappa shape index (κ1) is 29.9. The molecule has 0 amide bonds. The summed E-state index contributed by atoms with van der Waals surface area (Å²) in [6.45, 7) is 0. The van der Waals surface area contributed by atoms with Gasteiger partial charge < -0.3 is 15.1 Å². The molecule has 3 fully saturated rings. The average molecular weight is 646 g/mol. The zero-order valence-corrected chi connectivity index (χ0v) is 28.9. The lowest BCUT2D eigenvalue weighted by molar-refractivity contribution is 0.198. The van der Waals surface area contributed by atoms with Crippen LogP contribution < -0.4 is 10.2 Å². The molecule has 1 N–H and O–H groups in total. The molecule has 6 aliphatic carbocycles. The molecule has 2 heterocycles. The quantitative estimate of drug-likeness (QED) is 0.327. The van der Waals surface area contributed by atoms with E-state index in [2.05, 4.69) is 124 Å². The Labute approximate surface area is 293 Å². The summed E-state index contributed by atoms with van der Waals surface area (Å²) in [5, 5.41) is 4.00. The van der Waals surface area contributed by atoms with Crippen molar-refractivity contribution < 1.29 is 0 Å². The number of rotatable bonds is 5. The number of para-hydroxylation sites is 1. The minimum absolute atomic E-state index is 0.235. The molecule has 250 valence electrons. The third kappa shape index (κ3) is 5.05. The third-order valence-electron chi connectivity index (χ3n) is 13.6. The molecular weight excluding hydrogens is 595 g/mol. The van der Waals surface area contributed by atoms with Crippen LogP contribution in [0.4, 0.5) is 17.1 Å². The van der Waals surface area contributed by atoms with Gasteiger partial charge in [0.25, 0.3) is 0 Å². The van der Waals surface area contributed by atoms with E-state index in [1.54, 1.807) is 16.7 Å². The molecule has 8 unspecified atom stereocenters. The van der Waals surface area contributed by atoms with Gasteiger partial charge in [-0.2, -0.15) is 0 Å². The van der Waals surface area contributed by atoms with Gasteiger partial charge in [0, 0.05) is 46.3 Å². The summed E-state index contributed by atoms with van der Waals surface area (Å²) in [4.78, 5) is 5.39. The van der Waals surface area contributed by atoms with Crippen LogP contribution in [0.25, 0.3) is 0 Å². The molecule has 2 aromatic rings. The largest absolute Gasteiger partial charge is 0.378 e. The monoisotopic (exact) mass is 645 g/mol. The molecule has 8 atom stereocenters. The second kappa shape index (κ2) is 12.4. The first-order valence-electron chi connectivity index (χ1n) is 19.7. The fourth-order valence-electron chi connectivity index (χ4n) is 11.5. The van der Waals surface area contributed by atoms with E-state index in [-0.39, 0.29) is 6.04 Å². The fraction of sp³-hybridized carbons (Fsp3) is 0.435. The highest BCUT2D eigenvalue weighted by Gasteiger charge is 2.46. The van der Waals surface area contributed by atoms with E-state index in [9.17, 15) is 0 Å². The molecule has 2 aromatic carbocycles. The van der Waals surface area contributed by atoms with Gasteiger partial charge in [0.2, 0.25) is 0 Å². The van der Waals surface area contributed by atoms with Gasteiger partial charge in [0.15, 0.2) is 0 Å². The fourth-order valence-corrected chi connectivity index (χ4v) is 11.5. The first-order valence-corrected chi connectivity index (χ1v) is 19.7. The van der Waals surface area contributed by atoms with Crippen LogP contribution in [0.15, 0.2) is 132 Å². The van der Waals surface area contributed by atoms with Crippen molar-refractivity contribution >= 4 is 17.1 Å². The van der Waals surface area contributed by atoms with Crippen LogP contribution in [-0.2, 0) is 0 Å². The Morgan fingerprint density at radius 1 is 0.694 bits per heavy atom. The number of hydrogen-bond donors (Lipinski definition) is 1. The highest BCUT2D eigenvalue weighted by Crippen LogP contribution is 2.52. The molecule has 1 saturated heterocycles. The maximum Gasteiger partial charge on any atom is 0.0590 e. The number of benzene rings is 2. The van der Waals surface area contributed by atoms with E-state index in [0.717, 1.165) is 30.6 Å². The van der Waals surface area contributed by atoms with Gasteiger partial charge in [-0.15, -0.1) is 0 Å². The van der Waals surface area contributed by atoms with E-state index in [1.807, 2.05) is 0 Å². The minimum atomic E-state index is 0.235. The number of nitrogens with one attached hydrogen (secondary N) is 1. The Kier molecular flexibility index (Phi) is 7.57. The zero-order chi connectivity index (χ0) is 32.3. The summed E-state index contributed by atoms with van der Waals surface area (Å²) in [5.41, 5.74) is 11.8. The van der Waals surface area contributed by atoms with Gasteiger partial charge in [0.1, 0.15) is 0 Å². The molecule has 0 spiro atoms. The van der Waals surface area contributed by atoms with Crippen molar-refractivity contribution in [1.29, 1.82) is 0 Å². The Morgan fingerprint density at radius 2 is 1.59 bits per heavy atom. The van der Waals surface area contributed by atoms with Crippen LogP contribution in [0, 0.1) is 23.7 Å². The van der Waals surface area contributed by atoms with Crippen molar-refractivity contribution in [3.63, 3.8) is 0 Å². The van der Waals surface area contributed by atoms with E-state index in [4.69, 9.17) is 0 Å². The molecular formula is C46H51N3. The van der Waals surface area contributed by atoms with Gasteiger partial charge in [-0.1, -0.05) is 91.6 Å². The highest BCUT2D eigenvalue weighted by molar-refractivity contribution is 5.74. The van der Waals surface area contributed by atoms with Crippen LogP contribution in [-0.4, -0.2) is 23.0 Å². The van der Waals surface area contributed by atoms with Crippen LogP contribution in [0.2, 0.25) is 0 Å². The smallest absolute Gasteiger partial charge is 0.0590 e. The number of likely N-dealkylation sites (tertiary alicyclic amines) is 1. The molecule has 49 heavy (non-hydrogen) atoms. The summed E-state index contributed by atoms with van der Waals surface area (Å²) in [5.74, 6) is 3.48. The Balaban J connectivity index is 0.896. The molecule has 3 heteroatoms. The van der Waals surface area contributed by atoms with Gasteiger partial charge >= 0.3 is 0 Å². The average Bonchev–Trinajstić information content (AvgIpc) is 3.69. The summed E-state index contributed by atoms with van der Waals surface area (Å²) in [6.07, 6.45) is 40.0. The Hall–Kier alpha value is -3.98. The summed E-state index contributed by atoms with van der Waals surface area (Å²) >= 11 is 0. The van der Waals surface area contributed by atoms with E-state index in [0.29, 0.717) is 23.9 Å². The third-order valence-corrected chi connectivity index (χ3v) is 13.6. The SMILES string of the molecule is C1=CCC2C(=C1)C1C(=CC=CC1Nc1ccc(N3c4ccccc4C4CCCCC43)cc1)N2C1=CC=C(C2CCCC3CCC=CC32)CC1. The lowest BCUT2D eigenvalue weighted by Gasteiger charge is -2.41. The van der Waals surface area contributed by atoms with Crippen LogP contribution >= 0.6 is 0 Å². The van der Waals surface area contributed by atoms with Gasteiger partial charge in [-0.25, -0.2) is 0 Å². The summed E-state index contributed by atoms with van der Waals surface area (Å²) < 4.78 is 0. The van der Waals surface area contributed by atoms with Crippen molar-refractivity contribution in [1.82, 2.24) is 4.90 Å². The molecule has 2 aliphatic heterocycles. The molecule has 2 saturated carbocycles. The number of anilines is 3. The first-order chi connectivity index (χ1) is 24.3. The zero-order valence-electron chi connectivity index (χ0n) is 28.9. The summed E-state index contributed by atoms with van der Waals surface area (Å²) in [7, 11) is 0. The maximum absolute atomic E-state index is 4.00. The van der Waals surface area contributed by atoms with Crippen molar-refractivity contribution in [2.75, 3.05) is 10.2 Å². The van der Waals surface area contributed by atoms with E-state index < -0.39 is 0 Å². The van der Waals surface area contributed by atoms with Crippen LogP contribution in [0.5, 0.6) is 0 Å². The molecule has 0 bridgehead atoms. The lowest BCUT2D eigenvalue weighted by Crippen LogP contribution is -2.33. The standard InChI is InChI=1S/C46H51N3/c1-2-13-36-31(11-1)12-9-17-37(36)32-23-27-34(28-24-32)49-44-21-8-5-16-40(44)46-41(18-10-22-45(46)49)47-33-25-29-35(30-26-33)48-42-19-6-3-14-38(42)39-15-4-7-20-43(39)48/h2-3,5-6,8,10,13-14,16,18-19,22-23,25-27,29-31,36-37,39,41,43-44,46-47H,1,4,7,9,11-12,15,17,20-21,24,28H2. The predicted molar refractivity (Wildman–Crippen MR) is 204 cm³/mol. The Morgan fingerprint density at radius 3 is 2.51 bits per heavy atom. The Bertz CT molecular complexity index is 1820. The van der Waals surface area contributed by atoms with E-state index >= 15 is 0 Å². The lowest BCUT2D eigenvalue weighted by atomic mass is 9.65. The molecule has 0 aromatic heterocycles. The van der Waals surface area contributed by atoms with E-state index in [1.165, 1.54) is 92.7 Å². The molecule has 8 aliphatic rings. The van der Waals surface area contributed by atoms with Crippen molar-refractivity contribution in [2.45, 2.75) is 101 Å². The minimum Gasteiger partial charge on any atom is -0.378 e. The van der Waals surface area contributed by atoms with Gasteiger partial charge in [0.05, 0.1) is 12.1 Å². The molecule has 3 nitrogen and oxygen atoms in total. The molecule has 10 rings (SSSR count). The van der Waals surface area contributed by atoms with Gasteiger partial charge in [-0.05, 0) is 129 Å². The van der Waals surface area contributed by atoms with Gasteiger partial charge in [-0.3, -0.25) is 0 Å². The van der Waals surface area contributed by atoms with Crippen LogP contribution in [0.3, 0.4) is 0 Å². The predicted octanol–water partition coefficient (Wildman–Crippen LogP) is 11.3. The number of allylic oxidation sites excluding steroid dienone is 10. The maximum atomic E-state index is 4.00. The summed E-state index contributed by atoms with van der Waals surface area (Å²) in [6, 6.07) is 19.8. The topological polar surface area (TPSA) is 18.5 Å². The second-order valence-corrected chi connectivity index (χ2v) is 16.1. The normalized spacial score (nSPS) is 34.1. The van der Waals surface area contributed by atoms with Crippen molar-refractivity contribution in [3.05, 3.63) is 137 Å². The molecule has 0 radical (unpaired) electrons. The van der Waals surface area contributed by atoms with Crippen LogP contribution in [0.1, 0.15) is 88.5 Å².